The smallest absolute Gasteiger partial charge is 0.270 e. The largest absolute Gasteiger partial charge is 0.305 e. The minimum atomic E-state index is -0.616. The van der Waals surface area contributed by atoms with Crippen LogP contribution < -0.4 is 4.90 Å². The van der Waals surface area contributed by atoms with Gasteiger partial charge in [0, 0.05) is 23.7 Å². The average molecular weight is 369 g/mol. The van der Waals surface area contributed by atoms with E-state index in [2.05, 4.69) is 0 Å². The Bertz CT molecular complexity index is 857. The van der Waals surface area contributed by atoms with E-state index in [0.29, 0.717) is 23.4 Å². The fourth-order valence-electron chi connectivity index (χ4n) is 2.78. The lowest BCUT2D eigenvalue weighted by Crippen LogP contribution is -2.36. The fraction of sp³-hybridized carbons (Fsp3) is 0.188. The Labute approximate surface area is 146 Å². The molecule has 0 N–H and O–H groups in total. The standard InChI is InChI=1S/C16H11Cl2FN2O3/c17-12-5-6-14(19)15-10(12)2-1-7-20(15)16(22)11-8-9(21(23)24)3-4-13(11)18/h3-6,8H,1-2,7H2. The van der Waals surface area contributed by atoms with Crippen LogP contribution in [0.2, 0.25) is 10.0 Å². The maximum absolute atomic E-state index is 14.3. The van der Waals surface area contributed by atoms with Crippen molar-refractivity contribution >= 4 is 40.5 Å². The SMILES string of the molecule is O=C(c1cc([N+](=O)[O-])ccc1Cl)N1CCCc2c(Cl)ccc(F)c21. The third-order valence-corrected chi connectivity index (χ3v) is 4.57. The van der Waals surface area contributed by atoms with Gasteiger partial charge in [-0.3, -0.25) is 14.9 Å². The number of non-ortho nitro benzene ring substituents is 1. The van der Waals surface area contributed by atoms with Crippen molar-refractivity contribution < 1.29 is 14.1 Å². The van der Waals surface area contributed by atoms with Gasteiger partial charge >= 0.3 is 0 Å². The minimum absolute atomic E-state index is 0.0434. The molecule has 1 aliphatic rings. The van der Waals surface area contributed by atoms with Gasteiger partial charge in [0.05, 0.1) is 21.2 Å². The molecule has 1 amide bonds. The van der Waals surface area contributed by atoms with Gasteiger partial charge in [-0.05, 0) is 36.6 Å². The second kappa shape index (κ2) is 6.37. The van der Waals surface area contributed by atoms with E-state index in [9.17, 15) is 19.3 Å². The van der Waals surface area contributed by atoms with Gasteiger partial charge in [0.15, 0.2) is 0 Å². The number of nitro benzene ring substituents is 1. The molecular weight excluding hydrogens is 358 g/mol. The van der Waals surface area contributed by atoms with Gasteiger partial charge < -0.3 is 4.90 Å². The molecule has 2 aromatic rings. The summed E-state index contributed by atoms with van der Waals surface area (Å²) in [6.45, 7) is 0.280. The number of nitrogens with zero attached hydrogens (tertiary/aromatic N) is 2. The first-order valence-electron chi connectivity index (χ1n) is 7.13. The third-order valence-electron chi connectivity index (χ3n) is 3.89. The second-order valence-corrected chi connectivity index (χ2v) is 6.15. The van der Waals surface area contributed by atoms with Crippen LogP contribution in [-0.4, -0.2) is 17.4 Å². The molecule has 3 rings (SSSR count). The fourth-order valence-corrected chi connectivity index (χ4v) is 3.22. The Hall–Kier alpha value is -2.18. The molecule has 0 bridgehead atoms. The molecule has 0 saturated carbocycles. The number of amides is 1. The van der Waals surface area contributed by atoms with Crippen molar-refractivity contribution in [2.24, 2.45) is 0 Å². The third kappa shape index (κ3) is 2.83. The van der Waals surface area contributed by atoms with Crippen molar-refractivity contribution in [3.05, 3.63) is 67.4 Å². The molecule has 0 unspecified atom stereocenters. The van der Waals surface area contributed by atoms with Crippen LogP contribution in [0.5, 0.6) is 0 Å². The number of benzene rings is 2. The van der Waals surface area contributed by atoms with Crippen LogP contribution in [0.4, 0.5) is 15.8 Å². The first-order valence-corrected chi connectivity index (χ1v) is 7.88. The van der Waals surface area contributed by atoms with Gasteiger partial charge in [0.2, 0.25) is 0 Å². The van der Waals surface area contributed by atoms with Crippen LogP contribution in [0.3, 0.4) is 0 Å². The first kappa shape index (κ1) is 16.7. The number of rotatable bonds is 2. The van der Waals surface area contributed by atoms with Crippen LogP contribution in [0, 0.1) is 15.9 Å². The van der Waals surface area contributed by atoms with Crippen LogP contribution in [-0.2, 0) is 6.42 Å². The lowest BCUT2D eigenvalue weighted by atomic mass is 10.00. The molecular formula is C16H11Cl2FN2O3. The van der Waals surface area contributed by atoms with Crippen molar-refractivity contribution in [2.75, 3.05) is 11.4 Å². The maximum Gasteiger partial charge on any atom is 0.270 e. The van der Waals surface area contributed by atoms with E-state index in [1.807, 2.05) is 0 Å². The summed E-state index contributed by atoms with van der Waals surface area (Å²) in [5.74, 6) is -1.16. The van der Waals surface area contributed by atoms with Crippen LogP contribution in [0.1, 0.15) is 22.3 Å². The van der Waals surface area contributed by atoms with Crippen molar-refractivity contribution in [1.82, 2.24) is 0 Å². The lowest BCUT2D eigenvalue weighted by molar-refractivity contribution is -0.384. The molecule has 8 heteroatoms. The molecule has 24 heavy (non-hydrogen) atoms. The zero-order valence-corrected chi connectivity index (χ0v) is 13.8. The van der Waals surface area contributed by atoms with Crippen molar-refractivity contribution in [1.29, 1.82) is 0 Å². The number of anilines is 1. The zero-order valence-electron chi connectivity index (χ0n) is 12.3. The summed E-state index contributed by atoms with van der Waals surface area (Å²) in [4.78, 5) is 24.4. The Morgan fingerprint density at radius 2 is 1.92 bits per heavy atom. The van der Waals surface area contributed by atoms with E-state index >= 15 is 0 Å². The maximum atomic E-state index is 14.3. The molecule has 0 saturated heterocycles. The number of hydrogen-bond donors (Lipinski definition) is 0. The number of carbonyl (C=O) groups is 1. The second-order valence-electron chi connectivity index (χ2n) is 5.34. The summed E-state index contributed by atoms with van der Waals surface area (Å²) in [6, 6.07) is 6.24. The van der Waals surface area contributed by atoms with Gasteiger partial charge in [-0.15, -0.1) is 0 Å². The Morgan fingerprint density at radius 1 is 1.21 bits per heavy atom. The molecule has 1 aliphatic heterocycles. The highest BCUT2D eigenvalue weighted by Crippen LogP contribution is 2.36. The summed E-state index contributed by atoms with van der Waals surface area (Å²) >= 11 is 12.1. The lowest BCUT2D eigenvalue weighted by Gasteiger charge is -2.30. The molecule has 2 aromatic carbocycles. The molecule has 0 aliphatic carbocycles. The summed E-state index contributed by atoms with van der Waals surface area (Å²) in [7, 11) is 0. The van der Waals surface area contributed by atoms with Crippen LogP contribution >= 0.6 is 23.2 Å². The predicted molar refractivity (Wildman–Crippen MR) is 89.5 cm³/mol. The van der Waals surface area contributed by atoms with E-state index in [1.54, 1.807) is 0 Å². The summed E-state index contributed by atoms with van der Waals surface area (Å²) in [5.41, 5.74) is 0.365. The molecule has 5 nitrogen and oxygen atoms in total. The van der Waals surface area contributed by atoms with E-state index in [0.717, 1.165) is 6.07 Å². The highest BCUT2D eigenvalue weighted by atomic mass is 35.5. The van der Waals surface area contributed by atoms with E-state index in [-0.39, 0.29) is 28.5 Å². The predicted octanol–water partition coefficient (Wildman–Crippen LogP) is 4.63. The molecule has 124 valence electrons. The molecule has 0 radical (unpaired) electrons. The van der Waals surface area contributed by atoms with Gasteiger partial charge in [0.25, 0.3) is 11.6 Å². The van der Waals surface area contributed by atoms with Crippen molar-refractivity contribution in [3.63, 3.8) is 0 Å². The quantitative estimate of drug-likeness (QED) is 0.573. The number of hydrogen-bond acceptors (Lipinski definition) is 3. The Morgan fingerprint density at radius 3 is 2.62 bits per heavy atom. The Balaban J connectivity index is 2.09. The van der Waals surface area contributed by atoms with Gasteiger partial charge in [-0.25, -0.2) is 4.39 Å². The summed E-state index contributed by atoms with van der Waals surface area (Å²) in [6.07, 6.45) is 1.16. The van der Waals surface area contributed by atoms with Crippen LogP contribution in [0.15, 0.2) is 30.3 Å². The normalized spacial score (nSPS) is 13.5. The van der Waals surface area contributed by atoms with E-state index < -0.39 is 16.6 Å². The molecule has 0 spiro atoms. The molecule has 0 fully saturated rings. The molecule has 0 aromatic heterocycles. The molecule has 1 heterocycles. The van der Waals surface area contributed by atoms with Crippen LogP contribution in [0.25, 0.3) is 0 Å². The zero-order chi connectivity index (χ0) is 17.4. The number of carbonyl (C=O) groups excluding carboxylic acids is 1. The topological polar surface area (TPSA) is 63.4 Å². The Kier molecular flexibility index (Phi) is 4.43. The van der Waals surface area contributed by atoms with Crippen molar-refractivity contribution in [3.8, 4) is 0 Å². The summed E-state index contributed by atoms with van der Waals surface area (Å²) in [5, 5.41) is 11.4. The first-order chi connectivity index (χ1) is 11.4. The highest BCUT2D eigenvalue weighted by Gasteiger charge is 2.30. The average Bonchev–Trinajstić information content (AvgIpc) is 2.57. The van der Waals surface area contributed by atoms with Gasteiger partial charge in [0.1, 0.15) is 5.82 Å². The monoisotopic (exact) mass is 368 g/mol. The van der Waals surface area contributed by atoms with Crippen molar-refractivity contribution in [2.45, 2.75) is 12.8 Å². The number of fused-ring (bicyclic) bond motifs is 1. The highest BCUT2D eigenvalue weighted by molar-refractivity contribution is 6.35. The minimum Gasteiger partial charge on any atom is -0.305 e. The number of halogens is 3. The van der Waals surface area contributed by atoms with E-state index in [1.165, 1.54) is 29.2 Å². The number of nitro groups is 1. The van der Waals surface area contributed by atoms with Gasteiger partial charge in [-0.1, -0.05) is 23.2 Å². The van der Waals surface area contributed by atoms with Gasteiger partial charge in [-0.2, -0.15) is 0 Å². The molecule has 0 atom stereocenters. The summed E-state index contributed by atoms with van der Waals surface area (Å²) < 4.78 is 14.3. The van der Waals surface area contributed by atoms with E-state index in [4.69, 9.17) is 23.2 Å².